The summed E-state index contributed by atoms with van der Waals surface area (Å²) in [6.45, 7) is 1.02. The van der Waals surface area contributed by atoms with Gasteiger partial charge in [-0.15, -0.1) is 0 Å². The van der Waals surface area contributed by atoms with Gasteiger partial charge in [-0.1, -0.05) is 0 Å². The van der Waals surface area contributed by atoms with Gasteiger partial charge in [0.15, 0.2) is 5.65 Å². The normalized spacial score (nSPS) is 24.5. The molecule has 2 aromatic rings. The highest BCUT2D eigenvalue weighted by molar-refractivity contribution is 6.00. The van der Waals surface area contributed by atoms with E-state index in [1.54, 1.807) is 10.7 Å². The van der Waals surface area contributed by atoms with E-state index in [-0.39, 0.29) is 12.0 Å². The molecule has 0 saturated heterocycles. The number of anilines is 2. The average Bonchev–Trinajstić information content (AvgIpc) is 3.01. The third-order valence-electron chi connectivity index (χ3n) is 4.69. The summed E-state index contributed by atoms with van der Waals surface area (Å²) < 4.78 is 7.58. The molecule has 1 aliphatic heterocycles. The molecule has 0 spiro atoms. The fourth-order valence-corrected chi connectivity index (χ4v) is 3.50. The Morgan fingerprint density at radius 3 is 3.21 bits per heavy atom. The molecule has 8 nitrogen and oxygen atoms in total. The molecule has 2 aliphatic rings. The summed E-state index contributed by atoms with van der Waals surface area (Å²) in [5, 5.41) is 13.8. The summed E-state index contributed by atoms with van der Waals surface area (Å²) in [5.41, 5.74) is 1.02. The summed E-state index contributed by atoms with van der Waals surface area (Å²) in [7, 11) is 1.83. The van der Waals surface area contributed by atoms with E-state index in [1.807, 2.05) is 13.1 Å². The second-order valence-electron chi connectivity index (χ2n) is 6.33. The maximum atomic E-state index is 12.4. The van der Waals surface area contributed by atoms with Crippen LogP contribution in [0.25, 0.3) is 5.65 Å². The van der Waals surface area contributed by atoms with E-state index in [0.29, 0.717) is 30.4 Å². The Morgan fingerprint density at radius 2 is 2.33 bits per heavy atom. The summed E-state index contributed by atoms with van der Waals surface area (Å²) in [4.78, 5) is 17.1. The van der Waals surface area contributed by atoms with Gasteiger partial charge in [0.2, 0.25) is 0 Å². The molecule has 8 heteroatoms. The number of hydrogen-bond acceptors (Lipinski definition) is 6. The number of amides is 1. The number of nitrogens with one attached hydrogen (secondary N) is 3. The van der Waals surface area contributed by atoms with Crippen molar-refractivity contribution in [2.24, 2.45) is 0 Å². The zero-order chi connectivity index (χ0) is 16.5. The summed E-state index contributed by atoms with van der Waals surface area (Å²) in [6, 6.07) is 2.26. The Morgan fingerprint density at radius 1 is 1.42 bits per heavy atom. The molecule has 1 aliphatic carbocycles. The highest BCUT2D eigenvalue weighted by atomic mass is 16.5. The lowest BCUT2D eigenvalue weighted by Crippen LogP contribution is -2.33. The molecule has 4 bridgehead atoms. The Labute approximate surface area is 140 Å². The molecular formula is C16H22N6O2. The summed E-state index contributed by atoms with van der Waals surface area (Å²) in [5.74, 6) is 1.37. The Hall–Kier alpha value is -2.35. The maximum absolute atomic E-state index is 12.4. The monoisotopic (exact) mass is 330 g/mol. The van der Waals surface area contributed by atoms with Crippen LogP contribution in [0.3, 0.4) is 0 Å². The minimum Gasteiger partial charge on any atom is -0.376 e. The van der Waals surface area contributed by atoms with E-state index in [1.165, 1.54) is 0 Å². The van der Waals surface area contributed by atoms with E-state index in [2.05, 4.69) is 26.0 Å². The van der Waals surface area contributed by atoms with E-state index >= 15 is 0 Å². The zero-order valence-corrected chi connectivity index (χ0v) is 13.7. The van der Waals surface area contributed by atoms with Gasteiger partial charge in [0.05, 0.1) is 18.9 Å². The second-order valence-corrected chi connectivity index (χ2v) is 6.33. The van der Waals surface area contributed by atoms with Gasteiger partial charge in [0, 0.05) is 25.7 Å². The highest BCUT2D eigenvalue weighted by Gasteiger charge is 2.24. The molecule has 1 amide bonds. The SMILES string of the molecule is CNc1cc2nc3c(cnn13)C(=O)NCCOC1CCCC(C1)N2. The van der Waals surface area contributed by atoms with Gasteiger partial charge in [-0.2, -0.15) is 9.61 Å². The standard InChI is InChI=1S/C16H22N6O2/c1-17-14-8-13-20-10-3-2-4-11(7-10)24-6-5-18-16(23)12-9-19-22(14)15(12)21-13/h8-11,17H,2-7H2,1H3,(H,18,23)(H,20,21). The first-order valence-electron chi connectivity index (χ1n) is 8.47. The third-order valence-corrected chi connectivity index (χ3v) is 4.69. The Bertz CT molecular complexity index is 758. The van der Waals surface area contributed by atoms with Crippen molar-refractivity contribution in [3.8, 4) is 0 Å². The fraction of sp³-hybridized carbons (Fsp3) is 0.562. The van der Waals surface area contributed by atoms with Crippen molar-refractivity contribution < 1.29 is 9.53 Å². The molecule has 2 atom stereocenters. The number of fused-ring (bicyclic) bond motifs is 3. The second kappa shape index (κ2) is 6.27. The van der Waals surface area contributed by atoms with Crippen LogP contribution in [0, 0.1) is 0 Å². The Kier molecular flexibility index (Phi) is 3.97. The molecule has 1 saturated carbocycles. The zero-order valence-electron chi connectivity index (χ0n) is 13.7. The molecular weight excluding hydrogens is 308 g/mol. The summed E-state index contributed by atoms with van der Waals surface area (Å²) in [6.07, 6.45) is 6.07. The van der Waals surface area contributed by atoms with Gasteiger partial charge in [0.25, 0.3) is 5.91 Å². The molecule has 24 heavy (non-hydrogen) atoms. The van der Waals surface area contributed by atoms with Crippen molar-refractivity contribution in [1.29, 1.82) is 0 Å². The van der Waals surface area contributed by atoms with Gasteiger partial charge in [-0.05, 0) is 25.7 Å². The van der Waals surface area contributed by atoms with Gasteiger partial charge < -0.3 is 20.7 Å². The molecule has 2 unspecified atom stereocenters. The van der Waals surface area contributed by atoms with Crippen LogP contribution < -0.4 is 16.0 Å². The lowest BCUT2D eigenvalue weighted by molar-refractivity contribution is 0.0270. The highest BCUT2D eigenvalue weighted by Crippen LogP contribution is 2.26. The van der Waals surface area contributed by atoms with Gasteiger partial charge in [0.1, 0.15) is 17.2 Å². The molecule has 1 fully saturated rings. The number of hydrogen-bond donors (Lipinski definition) is 3. The van der Waals surface area contributed by atoms with Crippen LogP contribution >= 0.6 is 0 Å². The predicted octanol–water partition coefficient (Wildman–Crippen LogP) is 1.25. The maximum Gasteiger partial charge on any atom is 0.256 e. The molecule has 0 radical (unpaired) electrons. The lowest BCUT2D eigenvalue weighted by atomic mass is 9.93. The van der Waals surface area contributed by atoms with Crippen LogP contribution in [0.1, 0.15) is 36.0 Å². The van der Waals surface area contributed by atoms with Crippen molar-refractivity contribution >= 4 is 23.2 Å². The smallest absolute Gasteiger partial charge is 0.256 e. The van der Waals surface area contributed by atoms with Crippen LogP contribution in [-0.2, 0) is 4.74 Å². The van der Waals surface area contributed by atoms with E-state index in [4.69, 9.17) is 4.74 Å². The Balaban J connectivity index is 1.77. The number of aromatic nitrogens is 3. The van der Waals surface area contributed by atoms with Gasteiger partial charge in [-0.3, -0.25) is 4.79 Å². The van der Waals surface area contributed by atoms with Crippen LogP contribution in [0.2, 0.25) is 0 Å². The lowest BCUT2D eigenvalue weighted by Gasteiger charge is -2.30. The van der Waals surface area contributed by atoms with Crippen molar-refractivity contribution in [3.05, 3.63) is 17.8 Å². The molecule has 2 aromatic heterocycles. The van der Waals surface area contributed by atoms with E-state index in [9.17, 15) is 4.79 Å². The van der Waals surface area contributed by atoms with Crippen LogP contribution in [0.4, 0.5) is 11.6 Å². The molecule has 3 N–H and O–H groups in total. The van der Waals surface area contributed by atoms with Crippen LogP contribution in [0.5, 0.6) is 0 Å². The largest absolute Gasteiger partial charge is 0.376 e. The minimum atomic E-state index is -0.178. The fourth-order valence-electron chi connectivity index (χ4n) is 3.50. The van der Waals surface area contributed by atoms with Crippen molar-refractivity contribution in [3.63, 3.8) is 0 Å². The first kappa shape index (κ1) is 15.2. The van der Waals surface area contributed by atoms with Crippen LogP contribution in [0.15, 0.2) is 12.3 Å². The van der Waals surface area contributed by atoms with Crippen molar-refractivity contribution in [1.82, 2.24) is 19.9 Å². The summed E-state index contributed by atoms with van der Waals surface area (Å²) >= 11 is 0. The average molecular weight is 330 g/mol. The number of nitrogens with zero attached hydrogens (tertiary/aromatic N) is 3. The molecule has 3 heterocycles. The van der Waals surface area contributed by atoms with Crippen molar-refractivity contribution in [2.75, 3.05) is 30.8 Å². The third kappa shape index (κ3) is 2.77. The van der Waals surface area contributed by atoms with Crippen LogP contribution in [-0.4, -0.2) is 52.9 Å². The number of ether oxygens (including phenoxy) is 1. The number of rotatable bonds is 1. The minimum absolute atomic E-state index is 0.178. The molecule has 128 valence electrons. The molecule has 4 rings (SSSR count). The van der Waals surface area contributed by atoms with Gasteiger partial charge >= 0.3 is 0 Å². The van der Waals surface area contributed by atoms with Crippen molar-refractivity contribution in [2.45, 2.75) is 37.8 Å². The number of carbonyl (C=O) groups excluding carboxylic acids is 1. The number of carbonyl (C=O) groups is 1. The quantitative estimate of drug-likeness (QED) is 0.729. The van der Waals surface area contributed by atoms with E-state index < -0.39 is 0 Å². The topological polar surface area (TPSA) is 92.6 Å². The van der Waals surface area contributed by atoms with Gasteiger partial charge in [-0.25, -0.2) is 4.98 Å². The first-order chi connectivity index (χ1) is 11.7. The predicted molar refractivity (Wildman–Crippen MR) is 90.5 cm³/mol. The molecule has 0 aromatic carbocycles. The van der Waals surface area contributed by atoms with E-state index in [0.717, 1.165) is 37.3 Å². The first-order valence-corrected chi connectivity index (χ1v) is 8.47.